The lowest BCUT2D eigenvalue weighted by atomic mass is 9.80. The van der Waals surface area contributed by atoms with Crippen LogP contribution < -0.4 is 10.6 Å². The SMILES string of the molecule is CC(C)CNC(=O)C(C)NCC1CCCCC1C. The smallest absolute Gasteiger partial charge is 0.236 e. The minimum absolute atomic E-state index is 0.0714. The molecule has 0 aliphatic heterocycles. The molecule has 3 nitrogen and oxygen atoms in total. The summed E-state index contributed by atoms with van der Waals surface area (Å²) in [7, 11) is 0. The summed E-state index contributed by atoms with van der Waals surface area (Å²) in [6.45, 7) is 10.3. The first kappa shape index (κ1) is 15.5. The highest BCUT2D eigenvalue weighted by atomic mass is 16.2. The Kier molecular flexibility index (Phi) is 6.69. The monoisotopic (exact) mass is 254 g/mol. The maximum atomic E-state index is 11.8. The molecular formula is C15H30N2O. The maximum absolute atomic E-state index is 11.8. The lowest BCUT2D eigenvalue weighted by molar-refractivity contribution is -0.123. The fourth-order valence-electron chi connectivity index (χ4n) is 2.57. The number of amides is 1. The number of rotatable bonds is 6. The van der Waals surface area contributed by atoms with Gasteiger partial charge in [0.15, 0.2) is 0 Å². The van der Waals surface area contributed by atoms with Gasteiger partial charge in [-0.25, -0.2) is 0 Å². The van der Waals surface area contributed by atoms with Crippen molar-refractivity contribution in [2.45, 2.75) is 59.4 Å². The summed E-state index contributed by atoms with van der Waals surface area (Å²) in [5.41, 5.74) is 0. The number of hydrogen-bond donors (Lipinski definition) is 2. The Morgan fingerprint density at radius 3 is 2.50 bits per heavy atom. The molecule has 0 aromatic heterocycles. The summed E-state index contributed by atoms with van der Waals surface area (Å²) in [6, 6.07) is -0.0714. The number of carbonyl (C=O) groups excluding carboxylic acids is 1. The molecule has 0 aromatic carbocycles. The zero-order valence-electron chi connectivity index (χ0n) is 12.5. The van der Waals surface area contributed by atoms with Crippen LogP contribution >= 0.6 is 0 Å². The predicted molar refractivity (Wildman–Crippen MR) is 76.4 cm³/mol. The lowest BCUT2D eigenvalue weighted by Gasteiger charge is -2.30. The topological polar surface area (TPSA) is 41.1 Å². The highest BCUT2D eigenvalue weighted by Crippen LogP contribution is 2.28. The van der Waals surface area contributed by atoms with Gasteiger partial charge in [-0.05, 0) is 37.6 Å². The van der Waals surface area contributed by atoms with Gasteiger partial charge in [-0.2, -0.15) is 0 Å². The third kappa shape index (κ3) is 5.38. The molecule has 1 aliphatic carbocycles. The van der Waals surface area contributed by atoms with E-state index in [0.29, 0.717) is 5.92 Å². The van der Waals surface area contributed by atoms with E-state index in [2.05, 4.69) is 31.4 Å². The van der Waals surface area contributed by atoms with Crippen LogP contribution in [-0.4, -0.2) is 25.0 Å². The number of hydrogen-bond acceptors (Lipinski definition) is 2. The third-order valence-corrected chi connectivity index (χ3v) is 4.05. The lowest BCUT2D eigenvalue weighted by Crippen LogP contribution is -2.45. The van der Waals surface area contributed by atoms with Crippen molar-refractivity contribution in [1.29, 1.82) is 0 Å². The van der Waals surface area contributed by atoms with Gasteiger partial charge in [0.05, 0.1) is 6.04 Å². The van der Waals surface area contributed by atoms with E-state index in [0.717, 1.165) is 24.9 Å². The largest absolute Gasteiger partial charge is 0.354 e. The Hall–Kier alpha value is -0.570. The van der Waals surface area contributed by atoms with Crippen LogP contribution in [0.15, 0.2) is 0 Å². The van der Waals surface area contributed by atoms with Crippen LogP contribution in [0.1, 0.15) is 53.4 Å². The summed E-state index contributed by atoms with van der Waals surface area (Å²) in [5.74, 6) is 2.20. The fraction of sp³-hybridized carbons (Fsp3) is 0.933. The molecule has 3 unspecified atom stereocenters. The summed E-state index contributed by atoms with van der Waals surface area (Å²) in [4.78, 5) is 11.8. The van der Waals surface area contributed by atoms with Gasteiger partial charge in [0.1, 0.15) is 0 Å². The summed E-state index contributed by atoms with van der Waals surface area (Å²) in [6.07, 6.45) is 5.39. The minimum Gasteiger partial charge on any atom is -0.354 e. The Bertz CT molecular complexity index is 253. The predicted octanol–water partition coefficient (Wildman–Crippen LogP) is 2.56. The van der Waals surface area contributed by atoms with Crippen molar-refractivity contribution in [3.05, 3.63) is 0 Å². The van der Waals surface area contributed by atoms with Crippen LogP contribution in [-0.2, 0) is 4.79 Å². The molecule has 2 N–H and O–H groups in total. The van der Waals surface area contributed by atoms with Gasteiger partial charge in [0.25, 0.3) is 0 Å². The van der Waals surface area contributed by atoms with E-state index in [9.17, 15) is 4.79 Å². The van der Waals surface area contributed by atoms with E-state index >= 15 is 0 Å². The summed E-state index contributed by atoms with van der Waals surface area (Å²) in [5, 5.41) is 6.37. The number of nitrogens with one attached hydrogen (secondary N) is 2. The van der Waals surface area contributed by atoms with Crippen LogP contribution in [0.3, 0.4) is 0 Å². The molecule has 0 aromatic rings. The van der Waals surface area contributed by atoms with Crippen LogP contribution in [0.4, 0.5) is 0 Å². The highest BCUT2D eigenvalue weighted by molar-refractivity contribution is 5.81. The van der Waals surface area contributed by atoms with Crippen molar-refractivity contribution >= 4 is 5.91 Å². The second-order valence-electron chi connectivity index (χ2n) is 6.29. The minimum atomic E-state index is -0.0714. The molecule has 0 spiro atoms. The first-order chi connectivity index (χ1) is 8.50. The second-order valence-corrected chi connectivity index (χ2v) is 6.29. The first-order valence-electron chi connectivity index (χ1n) is 7.51. The molecule has 0 saturated heterocycles. The molecule has 1 aliphatic rings. The van der Waals surface area contributed by atoms with Crippen LogP contribution in [0.5, 0.6) is 0 Å². The molecular weight excluding hydrogens is 224 g/mol. The molecule has 0 heterocycles. The molecule has 106 valence electrons. The normalized spacial score (nSPS) is 26.1. The molecule has 3 heteroatoms. The van der Waals surface area contributed by atoms with Crippen LogP contribution in [0.25, 0.3) is 0 Å². The van der Waals surface area contributed by atoms with Gasteiger partial charge in [-0.15, -0.1) is 0 Å². The molecule has 0 bridgehead atoms. The van der Waals surface area contributed by atoms with E-state index in [-0.39, 0.29) is 11.9 Å². The average Bonchev–Trinajstić information content (AvgIpc) is 2.34. The van der Waals surface area contributed by atoms with Crippen molar-refractivity contribution in [3.8, 4) is 0 Å². The standard InChI is InChI=1S/C15H30N2O/c1-11(2)9-17-15(18)13(4)16-10-14-8-6-5-7-12(14)3/h11-14,16H,5-10H2,1-4H3,(H,17,18). The van der Waals surface area contributed by atoms with E-state index in [1.54, 1.807) is 0 Å². The molecule has 18 heavy (non-hydrogen) atoms. The maximum Gasteiger partial charge on any atom is 0.236 e. The molecule has 1 amide bonds. The third-order valence-electron chi connectivity index (χ3n) is 4.05. The van der Waals surface area contributed by atoms with Gasteiger partial charge in [0.2, 0.25) is 5.91 Å². The number of carbonyl (C=O) groups is 1. The second kappa shape index (κ2) is 7.78. The van der Waals surface area contributed by atoms with E-state index in [4.69, 9.17) is 0 Å². The zero-order valence-corrected chi connectivity index (χ0v) is 12.5. The zero-order chi connectivity index (χ0) is 13.5. The van der Waals surface area contributed by atoms with E-state index in [1.165, 1.54) is 25.7 Å². The molecule has 1 rings (SSSR count). The fourth-order valence-corrected chi connectivity index (χ4v) is 2.57. The van der Waals surface area contributed by atoms with Gasteiger partial charge >= 0.3 is 0 Å². The van der Waals surface area contributed by atoms with Gasteiger partial charge in [0, 0.05) is 6.54 Å². The first-order valence-corrected chi connectivity index (χ1v) is 7.51. The molecule has 1 fully saturated rings. The van der Waals surface area contributed by atoms with Gasteiger partial charge in [-0.3, -0.25) is 4.79 Å². The van der Waals surface area contributed by atoms with Crippen molar-refractivity contribution in [2.24, 2.45) is 17.8 Å². The van der Waals surface area contributed by atoms with E-state index in [1.807, 2.05) is 6.92 Å². The highest BCUT2D eigenvalue weighted by Gasteiger charge is 2.22. The Balaban J connectivity index is 2.22. The Morgan fingerprint density at radius 2 is 1.89 bits per heavy atom. The Morgan fingerprint density at radius 1 is 1.22 bits per heavy atom. The van der Waals surface area contributed by atoms with E-state index < -0.39 is 0 Å². The molecule has 1 saturated carbocycles. The van der Waals surface area contributed by atoms with Crippen molar-refractivity contribution in [3.63, 3.8) is 0 Å². The van der Waals surface area contributed by atoms with Crippen LogP contribution in [0.2, 0.25) is 0 Å². The van der Waals surface area contributed by atoms with Crippen molar-refractivity contribution in [2.75, 3.05) is 13.1 Å². The average molecular weight is 254 g/mol. The van der Waals surface area contributed by atoms with Crippen LogP contribution in [0, 0.1) is 17.8 Å². The summed E-state index contributed by atoms with van der Waals surface area (Å²) < 4.78 is 0. The molecule has 3 atom stereocenters. The van der Waals surface area contributed by atoms with Gasteiger partial charge in [-0.1, -0.05) is 40.0 Å². The van der Waals surface area contributed by atoms with Crippen molar-refractivity contribution < 1.29 is 4.79 Å². The molecule has 0 radical (unpaired) electrons. The summed E-state index contributed by atoms with van der Waals surface area (Å²) >= 11 is 0. The van der Waals surface area contributed by atoms with Crippen molar-refractivity contribution in [1.82, 2.24) is 10.6 Å². The quantitative estimate of drug-likeness (QED) is 0.765. The Labute approximate surface area is 112 Å². The van der Waals surface area contributed by atoms with Gasteiger partial charge < -0.3 is 10.6 Å².